The molecule has 0 fully saturated rings. The summed E-state index contributed by atoms with van der Waals surface area (Å²) in [5.74, 6) is 22.3. The summed E-state index contributed by atoms with van der Waals surface area (Å²) in [7, 11) is 0. The van der Waals surface area contributed by atoms with Crippen molar-refractivity contribution in [1.29, 1.82) is 0 Å². The molecule has 0 amide bonds. The van der Waals surface area contributed by atoms with Crippen molar-refractivity contribution in [1.82, 2.24) is 9.97 Å². The molecule has 7 heteroatoms. The number of nitrogens with zero attached hydrogens (tertiary/aromatic N) is 2. The van der Waals surface area contributed by atoms with Gasteiger partial charge in [-0.2, -0.15) is 0 Å². The third kappa shape index (κ3) is 16.3. The number of pyridine rings is 2. The Hall–Kier alpha value is -7.32. The van der Waals surface area contributed by atoms with Crippen LogP contribution < -0.4 is 20.4 Å². The second-order valence-corrected chi connectivity index (χ2v) is 10.3. The van der Waals surface area contributed by atoms with Crippen molar-refractivity contribution in [3.05, 3.63) is 192 Å². The molecule has 0 aliphatic heterocycles. The number of hydrogen-bond donors (Lipinski definition) is 0. The molecule has 0 saturated heterocycles. The van der Waals surface area contributed by atoms with Crippen LogP contribution in [0, 0.1) is 47.4 Å². The first-order valence-corrected chi connectivity index (χ1v) is 15.7. The van der Waals surface area contributed by atoms with Crippen molar-refractivity contribution >= 4 is 0 Å². The van der Waals surface area contributed by atoms with E-state index in [1.54, 1.807) is 85.2 Å². The van der Waals surface area contributed by atoms with Gasteiger partial charge in [0.2, 0.25) is 0 Å². The summed E-state index contributed by atoms with van der Waals surface area (Å²) >= 11 is 0. The van der Waals surface area contributed by atoms with Crippen molar-refractivity contribution in [3.8, 4) is 81.7 Å². The smallest absolute Gasteiger partial charge is 0.872 e. The van der Waals surface area contributed by atoms with E-state index in [0.717, 1.165) is 11.4 Å². The Morgan fingerprint density at radius 3 is 0.868 bits per heavy atom. The second kappa shape index (κ2) is 23.2. The van der Waals surface area contributed by atoms with Crippen LogP contribution in [0.2, 0.25) is 0 Å². The van der Waals surface area contributed by atoms with E-state index in [9.17, 15) is 20.4 Å². The Labute approximate surface area is 321 Å². The number of aromatic nitrogens is 2. The molecule has 6 rings (SSSR count). The maximum absolute atomic E-state index is 11.1. The van der Waals surface area contributed by atoms with Crippen LogP contribution in [0.15, 0.2) is 170 Å². The van der Waals surface area contributed by atoms with E-state index in [0.29, 0.717) is 22.3 Å². The molecule has 2 heterocycles. The first kappa shape index (κ1) is 40.1. The summed E-state index contributed by atoms with van der Waals surface area (Å²) in [6, 6.07) is 37.2. The van der Waals surface area contributed by atoms with E-state index >= 15 is 0 Å². The van der Waals surface area contributed by atoms with E-state index in [-0.39, 0.29) is 41.6 Å². The quantitative estimate of drug-likeness (QED) is 0.200. The van der Waals surface area contributed by atoms with Crippen LogP contribution in [0.25, 0.3) is 11.4 Å². The average molecular weight is 724 g/mol. The fraction of sp³-hybridized carbons (Fsp3) is 0. The number of benzene rings is 4. The monoisotopic (exact) mass is 723 g/mol. The molecule has 1 radical (unpaired) electrons. The molecule has 4 aromatic carbocycles. The van der Waals surface area contributed by atoms with Crippen LogP contribution in [-0.4, -0.2) is 9.97 Å². The standard InChI is InChI=1S/2C18H12O2.C10H8N2.V/c2*19-17-11-5-9-15(13-17)7-3-1-2-4-8-16-10-6-12-18(20)14-16;1-3-7-11-9(5-1)10-6-2-4-8-12-10;/h2*1-2,5-6,9-14,19-20H;1-8H;/q;;;+4/p-4/b2*2-1-;;. The zero-order valence-corrected chi connectivity index (χ0v) is 29.5. The fourth-order valence-electron chi connectivity index (χ4n) is 3.99. The van der Waals surface area contributed by atoms with E-state index in [1.165, 1.54) is 48.5 Å². The molecule has 2 aromatic heterocycles. The van der Waals surface area contributed by atoms with Crippen LogP contribution in [0.4, 0.5) is 0 Å². The molecule has 6 aromatic rings. The van der Waals surface area contributed by atoms with Gasteiger partial charge in [0.15, 0.2) is 0 Å². The normalized spacial score (nSPS) is 9.28. The van der Waals surface area contributed by atoms with Gasteiger partial charge in [0.05, 0.1) is 11.4 Å². The summed E-state index contributed by atoms with van der Waals surface area (Å²) in [5, 5.41) is 44.3. The van der Waals surface area contributed by atoms with Crippen molar-refractivity contribution < 1.29 is 39.0 Å². The molecule has 0 aliphatic rings. The Bertz CT molecular complexity index is 2080. The summed E-state index contributed by atoms with van der Waals surface area (Å²) in [4.78, 5) is 8.37. The van der Waals surface area contributed by atoms with E-state index in [4.69, 9.17) is 0 Å². The van der Waals surface area contributed by atoms with Crippen LogP contribution in [-0.2, 0) is 18.6 Å². The van der Waals surface area contributed by atoms with Gasteiger partial charge in [-0.1, -0.05) is 132 Å². The summed E-state index contributed by atoms with van der Waals surface area (Å²) in [6.07, 6.45) is 9.95. The number of rotatable bonds is 1. The van der Waals surface area contributed by atoms with Gasteiger partial charge in [0.25, 0.3) is 0 Å². The van der Waals surface area contributed by atoms with Gasteiger partial charge in [0, 0.05) is 34.6 Å². The molecule has 0 N–H and O–H groups in total. The molecular weight excluding hydrogens is 695 g/mol. The Balaban J connectivity index is 0.000000219. The van der Waals surface area contributed by atoms with Gasteiger partial charge >= 0.3 is 18.6 Å². The molecule has 0 bridgehead atoms. The maximum atomic E-state index is 11.1. The van der Waals surface area contributed by atoms with Crippen molar-refractivity contribution in [3.63, 3.8) is 0 Å². The summed E-state index contributed by atoms with van der Waals surface area (Å²) in [5.41, 5.74) is 4.53. The molecule has 0 aliphatic carbocycles. The van der Waals surface area contributed by atoms with Crippen LogP contribution >= 0.6 is 0 Å². The predicted octanol–water partition coefficient (Wildman–Crippen LogP) is 5.73. The molecule has 251 valence electrons. The van der Waals surface area contributed by atoms with Crippen molar-refractivity contribution in [2.75, 3.05) is 0 Å². The SMILES string of the molecule is [O-]c1cccc(C#C/C=C\C#Cc2cccc([O-])c2)c1.[O-]c1cccc(C#C/C=C\C#Cc2cccc([O-])c2)c1.[V+4].c1ccc(-c2ccccn2)nc1. The van der Waals surface area contributed by atoms with Gasteiger partial charge in [-0.25, -0.2) is 0 Å². The zero-order chi connectivity index (χ0) is 36.6. The van der Waals surface area contributed by atoms with E-state index < -0.39 is 0 Å². The van der Waals surface area contributed by atoms with Gasteiger partial charge in [-0.15, -0.1) is 23.0 Å². The minimum Gasteiger partial charge on any atom is -0.872 e. The number of hydrogen-bond acceptors (Lipinski definition) is 6. The van der Waals surface area contributed by atoms with Crippen LogP contribution in [0.3, 0.4) is 0 Å². The topological polar surface area (TPSA) is 118 Å². The van der Waals surface area contributed by atoms with E-state index in [1.807, 2.05) is 36.4 Å². The third-order valence-electron chi connectivity index (χ3n) is 6.29. The largest absolute Gasteiger partial charge is 4.00 e. The zero-order valence-electron chi connectivity index (χ0n) is 28.1. The first-order chi connectivity index (χ1) is 25.4. The Kier molecular flexibility index (Phi) is 17.5. The molecule has 0 atom stereocenters. The average Bonchev–Trinajstić information content (AvgIpc) is 3.16. The maximum Gasteiger partial charge on any atom is 4.00 e. The van der Waals surface area contributed by atoms with Crippen molar-refractivity contribution in [2.24, 2.45) is 0 Å². The third-order valence-corrected chi connectivity index (χ3v) is 6.29. The number of allylic oxidation sites excluding steroid dienone is 4. The second-order valence-electron chi connectivity index (χ2n) is 10.3. The van der Waals surface area contributed by atoms with Gasteiger partial charge in [-0.3, -0.25) is 9.97 Å². The first-order valence-electron chi connectivity index (χ1n) is 15.7. The van der Waals surface area contributed by atoms with Gasteiger partial charge in [-0.05, 0) is 72.8 Å². The minimum absolute atomic E-state index is 0. The van der Waals surface area contributed by atoms with Crippen LogP contribution in [0.1, 0.15) is 22.3 Å². The molecule has 6 nitrogen and oxygen atoms in total. The van der Waals surface area contributed by atoms with Crippen LogP contribution in [0.5, 0.6) is 23.0 Å². The predicted molar refractivity (Wildman–Crippen MR) is 197 cm³/mol. The summed E-state index contributed by atoms with van der Waals surface area (Å²) in [6.45, 7) is 0. The molecule has 0 saturated carbocycles. The molecular formula is C46H28N2O4V. The van der Waals surface area contributed by atoms with Gasteiger partial charge in [0.1, 0.15) is 0 Å². The van der Waals surface area contributed by atoms with Crippen molar-refractivity contribution in [2.45, 2.75) is 0 Å². The summed E-state index contributed by atoms with van der Waals surface area (Å²) < 4.78 is 0. The van der Waals surface area contributed by atoms with Gasteiger partial charge < -0.3 is 20.4 Å². The Morgan fingerprint density at radius 1 is 0.358 bits per heavy atom. The molecule has 53 heavy (non-hydrogen) atoms. The minimum atomic E-state index is -0.0573. The Morgan fingerprint density at radius 2 is 0.642 bits per heavy atom. The molecule has 0 unspecified atom stereocenters. The fourth-order valence-corrected chi connectivity index (χ4v) is 3.99. The van der Waals surface area contributed by atoms with E-state index in [2.05, 4.69) is 57.3 Å². The molecule has 0 spiro atoms.